The zero-order chi connectivity index (χ0) is 20.5. The van der Waals surface area contributed by atoms with Crippen LogP contribution in [0.5, 0.6) is 0 Å². The number of nitrogens with zero attached hydrogens (tertiary/aromatic N) is 2. The molecule has 1 aromatic carbocycles. The lowest BCUT2D eigenvalue weighted by Crippen LogP contribution is -2.40. The van der Waals surface area contributed by atoms with E-state index in [0.717, 1.165) is 18.4 Å². The monoisotopic (exact) mass is 421 g/mol. The molecule has 0 unspecified atom stereocenters. The van der Waals surface area contributed by atoms with Gasteiger partial charge in [-0.2, -0.15) is 0 Å². The number of rotatable bonds is 6. The van der Waals surface area contributed by atoms with Crippen molar-refractivity contribution in [3.63, 3.8) is 0 Å². The van der Waals surface area contributed by atoms with E-state index in [1.54, 1.807) is 44.1 Å². The standard InChI is InChI=1S/C20H24ClN3O3S/c1-20(2,3)23-28(26,27)18-11-15(6-9-17(18)21)19(25)24(16-7-8-16)13-14-5-4-10-22-12-14/h4-6,9-12,16,23H,7-8,13H2,1-3H3. The fourth-order valence-electron chi connectivity index (χ4n) is 2.91. The molecule has 1 fully saturated rings. The summed E-state index contributed by atoms with van der Waals surface area (Å²) in [7, 11) is -3.86. The summed E-state index contributed by atoms with van der Waals surface area (Å²) in [5, 5.41) is 0.0820. The highest BCUT2D eigenvalue weighted by Crippen LogP contribution is 2.31. The Bertz CT molecular complexity index is 968. The van der Waals surface area contributed by atoms with E-state index in [1.165, 1.54) is 12.1 Å². The van der Waals surface area contributed by atoms with Crippen molar-refractivity contribution in [3.05, 3.63) is 58.9 Å². The van der Waals surface area contributed by atoms with Crippen LogP contribution in [0.4, 0.5) is 0 Å². The Labute approximate surface area is 171 Å². The highest BCUT2D eigenvalue weighted by Gasteiger charge is 2.34. The van der Waals surface area contributed by atoms with Crippen molar-refractivity contribution >= 4 is 27.5 Å². The zero-order valence-corrected chi connectivity index (χ0v) is 17.7. The SMILES string of the molecule is CC(C)(C)NS(=O)(=O)c1cc(C(=O)N(Cc2cccnc2)C2CC2)ccc1Cl. The van der Waals surface area contributed by atoms with E-state index in [1.807, 2.05) is 12.1 Å². The molecule has 28 heavy (non-hydrogen) atoms. The van der Waals surface area contributed by atoms with Gasteiger partial charge in [0.05, 0.1) is 5.02 Å². The van der Waals surface area contributed by atoms with E-state index >= 15 is 0 Å². The van der Waals surface area contributed by atoms with Crippen LogP contribution in [0, 0.1) is 0 Å². The summed E-state index contributed by atoms with van der Waals surface area (Å²) >= 11 is 6.15. The number of benzene rings is 1. The summed E-state index contributed by atoms with van der Waals surface area (Å²) in [6.45, 7) is 5.67. The molecule has 0 spiro atoms. The predicted octanol–water partition coefficient (Wildman–Crippen LogP) is 3.62. The van der Waals surface area contributed by atoms with Gasteiger partial charge < -0.3 is 4.90 Å². The molecule has 1 N–H and O–H groups in total. The minimum atomic E-state index is -3.86. The molecule has 1 saturated carbocycles. The molecular weight excluding hydrogens is 398 g/mol. The first-order valence-corrected chi connectivity index (χ1v) is 11.0. The largest absolute Gasteiger partial charge is 0.331 e. The number of nitrogens with one attached hydrogen (secondary N) is 1. The smallest absolute Gasteiger partial charge is 0.254 e. The Morgan fingerprint density at radius 1 is 1.29 bits per heavy atom. The second kappa shape index (κ2) is 7.81. The van der Waals surface area contributed by atoms with Gasteiger partial charge in [0.2, 0.25) is 10.0 Å². The van der Waals surface area contributed by atoms with Crippen LogP contribution in [0.15, 0.2) is 47.6 Å². The minimum Gasteiger partial charge on any atom is -0.331 e. The number of pyridine rings is 1. The molecule has 1 aromatic heterocycles. The van der Waals surface area contributed by atoms with Crippen LogP contribution in [0.3, 0.4) is 0 Å². The first kappa shape index (κ1) is 20.8. The van der Waals surface area contributed by atoms with E-state index < -0.39 is 15.6 Å². The minimum absolute atomic E-state index is 0.0820. The van der Waals surface area contributed by atoms with Gasteiger partial charge in [0, 0.05) is 36.1 Å². The average molecular weight is 422 g/mol. The van der Waals surface area contributed by atoms with Crippen molar-refractivity contribution in [2.24, 2.45) is 0 Å². The Kier molecular flexibility index (Phi) is 5.79. The number of hydrogen-bond donors (Lipinski definition) is 1. The summed E-state index contributed by atoms with van der Waals surface area (Å²) in [6.07, 6.45) is 5.30. The molecular formula is C20H24ClN3O3S. The van der Waals surface area contributed by atoms with Gasteiger partial charge in [-0.3, -0.25) is 9.78 Å². The van der Waals surface area contributed by atoms with Crippen molar-refractivity contribution in [3.8, 4) is 0 Å². The van der Waals surface area contributed by atoms with Crippen LogP contribution in [0.25, 0.3) is 0 Å². The molecule has 150 valence electrons. The number of halogens is 1. The normalized spacial score (nSPS) is 14.7. The molecule has 0 bridgehead atoms. The Hall–Kier alpha value is -1.96. The third-order valence-corrected chi connectivity index (χ3v) is 6.47. The van der Waals surface area contributed by atoms with Gasteiger partial charge in [0.25, 0.3) is 5.91 Å². The summed E-state index contributed by atoms with van der Waals surface area (Å²) in [5.41, 5.74) is 0.566. The topological polar surface area (TPSA) is 79.4 Å². The third-order valence-electron chi connectivity index (χ3n) is 4.23. The van der Waals surface area contributed by atoms with Crippen LogP contribution in [0.2, 0.25) is 5.02 Å². The lowest BCUT2D eigenvalue weighted by Gasteiger charge is -2.24. The lowest BCUT2D eigenvalue weighted by atomic mass is 10.1. The molecule has 1 heterocycles. The van der Waals surface area contributed by atoms with Crippen molar-refractivity contribution < 1.29 is 13.2 Å². The summed E-state index contributed by atoms with van der Waals surface area (Å²) < 4.78 is 28.0. The van der Waals surface area contributed by atoms with Crippen LogP contribution < -0.4 is 4.72 Å². The Morgan fingerprint density at radius 3 is 2.57 bits per heavy atom. The fourth-order valence-corrected chi connectivity index (χ4v) is 4.85. The quantitative estimate of drug-likeness (QED) is 0.772. The van der Waals surface area contributed by atoms with E-state index in [2.05, 4.69) is 9.71 Å². The highest BCUT2D eigenvalue weighted by molar-refractivity contribution is 7.89. The molecule has 8 heteroatoms. The van der Waals surface area contributed by atoms with Gasteiger partial charge in [0.15, 0.2) is 0 Å². The van der Waals surface area contributed by atoms with Crippen molar-refractivity contribution in [1.29, 1.82) is 0 Å². The van der Waals surface area contributed by atoms with Crippen molar-refractivity contribution in [2.75, 3.05) is 0 Å². The summed E-state index contributed by atoms with van der Waals surface area (Å²) in [5.74, 6) is -0.213. The van der Waals surface area contributed by atoms with E-state index in [-0.39, 0.29) is 21.9 Å². The summed E-state index contributed by atoms with van der Waals surface area (Å²) in [4.78, 5) is 18.9. The molecule has 0 atom stereocenters. The lowest BCUT2D eigenvalue weighted by molar-refractivity contribution is 0.0729. The number of aromatic nitrogens is 1. The van der Waals surface area contributed by atoms with Gasteiger partial charge in [0.1, 0.15) is 4.90 Å². The van der Waals surface area contributed by atoms with Crippen LogP contribution in [-0.2, 0) is 16.6 Å². The van der Waals surface area contributed by atoms with Gasteiger partial charge in [-0.05, 0) is 63.4 Å². The first-order valence-electron chi connectivity index (χ1n) is 9.10. The average Bonchev–Trinajstić information content (AvgIpc) is 3.43. The van der Waals surface area contributed by atoms with Gasteiger partial charge in [-0.25, -0.2) is 13.1 Å². The van der Waals surface area contributed by atoms with E-state index in [4.69, 9.17) is 11.6 Å². The van der Waals surface area contributed by atoms with E-state index in [0.29, 0.717) is 12.1 Å². The fraction of sp³-hybridized carbons (Fsp3) is 0.400. The maximum absolute atomic E-state index is 13.2. The van der Waals surface area contributed by atoms with Crippen LogP contribution in [-0.4, -0.2) is 35.8 Å². The number of hydrogen-bond acceptors (Lipinski definition) is 4. The number of sulfonamides is 1. The molecule has 6 nitrogen and oxygen atoms in total. The molecule has 0 saturated heterocycles. The Balaban J connectivity index is 1.91. The molecule has 3 rings (SSSR count). The van der Waals surface area contributed by atoms with Gasteiger partial charge in [-0.15, -0.1) is 0 Å². The second-order valence-corrected chi connectivity index (χ2v) is 10.1. The maximum atomic E-state index is 13.2. The molecule has 0 radical (unpaired) electrons. The molecule has 2 aromatic rings. The maximum Gasteiger partial charge on any atom is 0.254 e. The van der Waals surface area contributed by atoms with Crippen LogP contribution in [0.1, 0.15) is 49.5 Å². The first-order chi connectivity index (χ1) is 13.1. The van der Waals surface area contributed by atoms with Gasteiger partial charge in [-0.1, -0.05) is 17.7 Å². The molecule has 1 amide bonds. The number of carbonyl (C=O) groups excluding carboxylic acids is 1. The predicted molar refractivity (Wildman–Crippen MR) is 109 cm³/mol. The molecule has 0 aliphatic heterocycles. The highest BCUT2D eigenvalue weighted by atomic mass is 35.5. The number of amides is 1. The van der Waals surface area contributed by atoms with Crippen LogP contribution >= 0.6 is 11.6 Å². The number of carbonyl (C=O) groups is 1. The van der Waals surface area contributed by atoms with Crippen molar-refractivity contribution in [2.45, 2.75) is 56.6 Å². The Morgan fingerprint density at radius 2 is 2.00 bits per heavy atom. The van der Waals surface area contributed by atoms with E-state index in [9.17, 15) is 13.2 Å². The molecule has 1 aliphatic carbocycles. The zero-order valence-electron chi connectivity index (χ0n) is 16.1. The third kappa shape index (κ3) is 5.10. The summed E-state index contributed by atoms with van der Waals surface area (Å²) in [6, 6.07) is 8.30. The second-order valence-electron chi connectivity index (χ2n) is 8.03. The molecule has 1 aliphatic rings. The van der Waals surface area contributed by atoms with Gasteiger partial charge >= 0.3 is 0 Å². The van der Waals surface area contributed by atoms with Crippen molar-refractivity contribution in [1.82, 2.24) is 14.6 Å².